The molecule has 1 aromatic heterocycles. The molecule has 9 nitrogen and oxygen atoms in total. The van der Waals surface area contributed by atoms with Gasteiger partial charge in [0.05, 0.1) is 17.4 Å². The second-order valence-corrected chi connectivity index (χ2v) is 6.34. The fraction of sp³-hybridized carbons (Fsp3) is 0.643. The van der Waals surface area contributed by atoms with Crippen molar-refractivity contribution in [3.63, 3.8) is 0 Å². The van der Waals surface area contributed by atoms with E-state index in [0.717, 1.165) is 0 Å². The zero-order chi connectivity index (χ0) is 20.0. The van der Waals surface area contributed by atoms with Gasteiger partial charge in [0.2, 0.25) is 5.91 Å². The van der Waals surface area contributed by atoms with E-state index in [-0.39, 0.29) is 34.3 Å². The minimum absolute atomic E-state index is 0.0351. The molecule has 1 N–H and O–H groups in total. The van der Waals surface area contributed by atoms with Gasteiger partial charge in [-0.1, -0.05) is 6.92 Å². The van der Waals surface area contributed by atoms with Crippen LogP contribution < -0.4 is 0 Å². The first kappa shape index (κ1) is 19.8. The molecule has 0 bridgehead atoms. The molecule has 0 aromatic carbocycles. The summed E-state index contributed by atoms with van der Waals surface area (Å²) in [6, 6.07) is 0. The van der Waals surface area contributed by atoms with E-state index in [9.17, 15) is 33.2 Å². The average molecular weight is 377 g/mol. The lowest BCUT2D eigenvalue weighted by molar-refractivity contribution is -0.386. The van der Waals surface area contributed by atoms with E-state index in [1.165, 1.54) is 32.4 Å². The number of hydrazone groups is 1. The third-order valence-corrected chi connectivity index (χ3v) is 4.18. The number of aromatic nitrogens is 2. The molecule has 0 saturated carbocycles. The van der Waals surface area contributed by atoms with Crippen molar-refractivity contribution in [1.82, 2.24) is 14.8 Å². The second-order valence-electron chi connectivity index (χ2n) is 6.34. The molecule has 26 heavy (non-hydrogen) atoms. The van der Waals surface area contributed by atoms with Gasteiger partial charge in [-0.3, -0.25) is 19.6 Å². The van der Waals surface area contributed by atoms with E-state index in [1.54, 1.807) is 0 Å². The van der Waals surface area contributed by atoms with Crippen molar-refractivity contribution < 1.29 is 28.0 Å². The predicted molar refractivity (Wildman–Crippen MR) is 83.1 cm³/mol. The first-order valence-electron chi connectivity index (χ1n) is 7.65. The smallest absolute Gasteiger partial charge is 0.362 e. The normalized spacial score (nSPS) is 21.7. The number of rotatable bonds is 4. The molecule has 144 valence electrons. The SMILES string of the molecule is CC1=NN(C(=O)[C@@H](C)Cn2nc(C)c([N+](=O)[O-])c2C)[C@](O)(C(F)(F)F)C1. The van der Waals surface area contributed by atoms with Crippen LogP contribution in [0.4, 0.5) is 18.9 Å². The highest BCUT2D eigenvalue weighted by molar-refractivity contribution is 5.89. The Labute approximate surface area is 146 Å². The number of hydrogen-bond acceptors (Lipinski definition) is 6. The molecule has 2 heterocycles. The minimum Gasteiger partial charge on any atom is -0.362 e. The van der Waals surface area contributed by atoms with E-state index >= 15 is 0 Å². The number of carbonyl (C=O) groups is 1. The fourth-order valence-electron chi connectivity index (χ4n) is 2.85. The highest BCUT2D eigenvalue weighted by Gasteiger charge is 2.63. The Hall–Kier alpha value is -2.50. The molecule has 1 amide bonds. The van der Waals surface area contributed by atoms with Crippen LogP contribution in [0.5, 0.6) is 0 Å². The van der Waals surface area contributed by atoms with Crippen molar-refractivity contribution in [2.45, 2.75) is 52.6 Å². The summed E-state index contributed by atoms with van der Waals surface area (Å²) in [7, 11) is 0. The quantitative estimate of drug-likeness (QED) is 0.636. The highest BCUT2D eigenvalue weighted by Crippen LogP contribution is 2.41. The molecule has 0 aliphatic carbocycles. The summed E-state index contributed by atoms with van der Waals surface area (Å²) in [4.78, 5) is 22.9. The third kappa shape index (κ3) is 3.16. The Balaban J connectivity index is 2.28. The zero-order valence-corrected chi connectivity index (χ0v) is 14.5. The van der Waals surface area contributed by atoms with Gasteiger partial charge < -0.3 is 5.11 Å². The van der Waals surface area contributed by atoms with Gasteiger partial charge in [0.15, 0.2) is 0 Å². The molecule has 0 spiro atoms. The number of nitro groups is 1. The van der Waals surface area contributed by atoms with E-state index in [0.29, 0.717) is 0 Å². The summed E-state index contributed by atoms with van der Waals surface area (Å²) >= 11 is 0. The fourth-order valence-corrected chi connectivity index (χ4v) is 2.85. The largest absolute Gasteiger partial charge is 0.438 e. The Morgan fingerprint density at radius 3 is 2.46 bits per heavy atom. The summed E-state index contributed by atoms with van der Waals surface area (Å²) in [5, 5.41) is 28.5. The molecular weight excluding hydrogens is 359 g/mol. The molecule has 1 aliphatic heterocycles. The number of carbonyl (C=O) groups excluding carboxylic acids is 1. The number of amides is 1. The van der Waals surface area contributed by atoms with Gasteiger partial charge >= 0.3 is 11.9 Å². The third-order valence-electron chi connectivity index (χ3n) is 4.18. The number of alkyl halides is 3. The Kier molecular flexibility index (Phi) is 4.83. The molecule has 0 saturated heterocycles. The van der Waals surface area contributed by atoms with Crippen LogP contribution in [0.2, 0.25) is 0 Å². The Bertz CT molecular complexity index is 788. The number of aryl methyl sites for hydroxylation is 1. The molecular formula is C14H18F3N5O4. The highest BCUT2D eigenvalue weighted by atomic mass is 19.4. The van der Waals surface area contributed by atoms with Gasteiger partial charge in [0.25, 0.3) is 5.72 Å². The van der Waals surface area contributed by atoms with Gasteiger partial charge in [-0.25, -0.2) is 0 Å². The molecule has 1 aliphatic rings. The topological polar surface area (TPSA) is 114 Å². The lowest BCUT2D eigenvalue weighted by atomic mass is 10.0. The molecule has 12 heteroatoms. The van der Waals surface area contributed by atoms with Crippen LogP contribution in [0.3, 0.4) is 0 Å². The van der Waals surface area contributed by atoms with Crippen LogP contribution >= 0.6 is 0 Å². The summed E-state index contributed by atoms with van der Waals surface area (Å²) in [6.45, 7) is 5.27. The molecule has 2 rings (SSSR count). The number of halogens is 3. The number of nitrogens with zero attached hydrogens (tertiary/aromatic N) is 5. The van der Waals surface area contributed by atoms with Gasteiger partial charge in [0.1, 0.15) is 11.4 Å². The van der Waals surface area contributed by atoms with Crippen LogP contribution in [0.1, 0.15) is 31.7 Å². The summed E-state index contributed by atoms with van der Waals surface area (Å²) in [5.41, 5.74) is -3.34. The monoisotopic (exact) mass is 377 g/mol. The summed E-state index contributed by atoms with van der Waals surface area (Å²) in [6.07, 6.45) is -5.92. The van der Waals surface area contributed by atoms with E-state index < -0.39 is 35.1 Å². The molecule has 1 aromatic rings. The molecule has 2 atom stereocenters. The molecule has 0 radical (unpaired) electrons. The second kappa shape index (κ2) is 6.34. The maximum atomic E-state index is 13.2. The maximum absolute atomic E-state index is 13.2. The molecule has 0 fully saturated rings. The van der Waals surface area contributed by atoms with Crippen molar-refractivity contribution in [2.75, 3.05) is 0 Å². The Morgan fingerprint density at radius 1 is 1.42 bits per heavy atom. The summed E-state index contributed by atoms with van der Waals surface area (Å²) < 4.78 is 40.8. The van der Waals surface area contributed by atoms with Crippen molar-refractivity contribution in [1.29, 1.82) is 0 Å². The number of aliphatic hydroxyl groups is 1. The van der Waals surface area contributed by atoms with Crippen LogP contribution in [-0.4, -0.2) is 48.3 Å². The predicted octanol–water partition coefficient (Wildman–Crippen LogP) is 1.90. The number of hydrogen-bond donors (Lipinski definition) is 1. The van der Waals surface area contributed by atoms with Gasteiger partial charge in [0, 0.05) is 12.1 Å². The van der Waals surface area contributed by atoms with E-state index in [2.05, 4.69) is 10.2 Å². The zero-order valence-electron chi connectivity index (χ0n) is 14.5. The standard InChI is InChI=1S/C14H18F3N5O4/c1-7(6-20-10(4)11(22(25)26)9(3)19-20)12(23)21-13(24,14(15,16)17)5-8(2)18-21/h7,24H,5-6H2,1-4H3/t7-,13+/m0/s1. The van der Waals surface area contributed by atoms with Crippen molar-refractivity contribution in [3.05, 3.63) is 21.5 Å². The van der Waals surface area contributed by atoms with Gasteiger partial charge in [-0.15, -0.1) is 0 Å². The van der Waals surface area contributed by atoms with E-state index in [1.807, 2.05) is 0 Å². The average Bonchev–Trinajstić information content (AvgIpc) is 2.94. The van der Waals surface area contributed by atoms with E-state index in [4.69, 9.17) is 0 Å². The Morgan fingerprint density at radius 2 is 2.00 bits per heavy atom. The maximum Gasteiger partial charge on any atom is 0.438 e. The van der Waals surface area contributed by atoms with Gasteiger partial charge in [-0.05, 0) is 20.8 Å². The van der Waals surface area contributed by atoms with Gasteiger partial charge in [-0.2, -0.15) is 28.4 Å². The first-order chi connectivity index (χ1) is 11.8. The lowest BCUT2D eigenvalue weighted by Crippen LogP contribution is -2.57. The molecule has 0 unspecified atom stereocenters. The van der Waals surface area contributed by atoms with Crippen LogP contribution in [0.15, 0.2) is 5.10 Å². The van der Waals surface area contributed by atoms with Crippen LogP contribution in [-0.2, 0) is 11.3 Å². The minimum atomic E-state index is -5.08. The van der Waals surface area contributed by atoms with Crippen LogP contribution in [0.25, 0.3) is 0 Å². The van der Waals surface area contributed by atoms with Crippen LogP contribution in [0, 0.1) is 29.9 Å². The van der Waals surface area contributed by atoms with Crippen molar-refractivity contribution >= 4 is 17.3 Å². The lowest BCUT2D eigenvalue weighted by Gasteiger charge is -2.33. The van der Waals surface area contributed by atoms with Crippen molar-refractivity contribution in [3.8, 4) is 0 Å². The van der Waals surface area contributed by atoms with Crippen molar-refractivity contribution in [2.24, 2.45) is 11.0 Å². The summed E-state index contributed by atoms with van der Waals surface area (Å²) in [5.74, 6) is -2.12. The first-order valence-corrected chi connectivity index (χ1v) is 7.65.